The fraction of sp³-hybridized carbons (Fsp3) is 0.0833. The maximum Gasteiger partial charge on any atom is 0.255 e. The van der Waals surface area contributed by atoms with E-state index in [-0.39, 0.29) is 17.2 Å². The number of halogens is 1. The first-order valence-electron chi connectivity index (χ1n) is 5.05. The van der Waals surface area contributed by atoms with Gasteiger partial charge in [-0.25, -0.2) is 0 Å². The van der Waals surface area contributed by atoms with E-state index in [4.69, 9.17) is 0 Å². The molecule has 88 valence electrons. The zero-order chi connectivity index (χ0) is 12.3. The molecule has 0 aliphatic heterocycles. The minimum absolute atomic E-state index is 0.0362. The van der Waals surface area contributed by atoms with E-state index in [1.807, 2.05) is 12.3 Å². The summed E-state index contributed by atoms with van der Waals surface area (Å²) in [7, 11) is 0. The lowest BCUT2D eigenvalue weighted by atomic mass is 10.2. The van der Waals surface area contributed by atoms with E-state index in [9.17, 15) is 9.90 Å². The van der Waals surface area contributed by atoms with Crippen LogP contribution in [-0.2, 0) is 6.54 Å². The van der Waals surface area contributed by atoms with Crippen molar-refractivity contribution in [1.29, 1.82) is 0 Å². The number of carbonyl (C=O) groups is 1. The van der Waals surface area contributed by atoms with Crippen LogP contribution in [0.3, 0.4) is 0 Å². The number of phenolic OH excluding ortho intramolecular Hbond substituents is 1. The van der Waals surface area contributed by atoms with Gasteiger partial charge in [0.25, 0.3) is 5.91 Å². The van der Waals surface area contributed by atoms with Gasteiger partial charge in [0.15, 0.2) is 0 Å². The molecule has 0 unspecified atom stereocenters. The molecule has 2 aromatic rings. The summed E-state index contributed by atoms with van der Waals surface area (Å²) in [5.41, 5.74) is 1.25. The Morgan fingerprint density at radius 3 is 2.88 bits per heavy atom. The summed E-state index contributed by atoms with van der Waals surface area (Å²) in [6.45, 7) is 0.428. The molecule has 2 rings (SSSR count). The normalized spacial score (nSPS) is 10.2. The van der Waals surface area contributed by atoms with Gasteiger partial charge in [0.2, 0.25) is 0 Å². The van der Waals surface area contributed by atoms with Gasteiger partial charge in [-0.3, -0.25) is 4.79 Å². The first-order valence-corrected chi connectivity index (χ1v) is 5.84. The molecule has 1 amide bonds. The van der Waals surface area contributed by atoms with Crippen LogP contribution in [0.25, 0.3) is 0 Å². The molecule has 1 heterocycles. The molecule has 0 aliphatic carbocycles. The van der Waals surface area contributed by atoms with Crippen molar-refractivity contribution in [3.63, 3.8) is 0 Å². The summed E-state index contributed by atoms with van der Waals surface area (Å²) < 4.78 is 0.734. The van der Waals surface area contributed by atoms with Crippen molar-refractivity contribution in [2.24, 2.45) is 0 Å². The number of hydrogen-bond acceptors (Lipinski definition) is 2. The van der Waals surface area contributed by atoms with E-state index < -0.39 is 0 Å². The number of rotatable bonds is 3. The van der Waals surface area contributed by atoms with Crippen LogP contribution < -0.4 is 5.32 Å². The smallest absolute Gasteiger partial charge is 0.255 e. The van der Waals surface area contributed by atoms with Crippen LogP contribution in [0.5, 0.6) is 5.75 Å². The highest BCUT2D eigenvalue weighted by atomic mass is 79.9. The maximum absolute atomic E-state index is 11.8. The second-order valence-corrected chi connectivity index (χ2v) is 4.48. The van der Waals surface area contributed by atoms with Gasteiger partial charge < -0.3 is 15.4 Å². The molecule has 1 aromatic carbocycles. The highest BCUT2D eigenvalue weighted by Crippen LogP contribution is 2.22. The van der Waals surface area contributed by atoms with Crippen molar-refractivity contribution >= 4 is 21.8 Å². The van der Waals surface area contributed by atoms with Gasteiger partial charge in [-0.1, -0.05) is 15.9 Å². The minimum atomic E-state index is -0.295. The number of amides is 1. The molecule has 0 saturated heterocycles. The topological polar surface area (TPSA) is 65.1 Å². The van der Waals surface area contributed by atoms with Gasteiger partial charge in [0.05, 0.1) is 5.56 Å². The molecule has 0 fully saturated rings. The van der Waals surface area contributed by atoms with Crippen molar-refractivity contribution in [3.05, 3.63) is 52.3 Å². The number of aromatic hydroxyl groups is 1. The maximum atomic E-state index is 11.8. The Morgan fingerprint density at radius 1 is 1.41 bits per heavy atom. The van der Waals surface area contributed by atoms with E-state index in [1.54, 1.807) is 18.3 Å². The third-order valence-corrected chi connectivity index (χ3v) is 2.81. The van der Waals surface area contributed by atoms with Crippen molar-refractivity contribution < 1.29 is 9.90 Å². The Bertz CT molecular complexity index is 523. The lowest BCUT2D eigenvalue weighted by Gasteiger charge is -2.06. The zero-order valence-corrected chi connectivity index (χ0v) is 10.5. The Hall–Kier alpha value is -1.75. The lowest BCUT2D eigenvalue weighted by molar-refractivity contribution is 0.0948. The summed E-state index contributed by atoms with van der Waals surface area (Å²) in [6.07, 6.45) is 3.60. The SMILES string of the molecule is O=C(NCc1cc[nH]c1)c1ccc(Br)cc1O. The monoisotopic (exact) mass is 294 g/mol. The molecule has 0 spiro atoms. The highest BCUT2D eigenvalue weighted by molar-refractivity contribution is 9.10. The first kappa shape index (κ1) is 11.7. The number of nitrogens with one attached hydrogen (secondary N) is 2. The summed E-state index contributed by atoms with van der Waals surface area (Å²) in [6, 6.07) is 6.66. The molecule has 0 radical (unpaired) electrons. The van der Waals surface area contributed by atoms with Crippen LogP contribution in [0, 0.1) is 0 Å². The number of benzene rings is 1. The third kappa shape index (κ3) is 2.88. The number of H-pyrrole nitrogens is 1. The largest absolute Gasteiger partial charge is 0.507 e. The Morgan fingerprint density at radius 2 is 2.24 bits per heavy atom. The fourth-order valence-electron chi connectivity index (χ4n) is 1.44. The number of phenols is 1. The molecule has 1 aromatic heterocycles. The van der Waals surface area contributed by atoms with Crippen molar-refractivity contribution in [2.75, 3.05) is 0 Å². The molecule has 0 aliphatic rings. The number of aromatic nitrogens is 1. The summed E-state index contributed by atoms with van der Waals surface area (Å²) in [5, 5.41) is 12.3. The lowest BCUT2D eigenvalue weighted by Crippen LogP contribution is -2.22. The van der Waals surface area contributed by atoms with Gasteiger partial charge in [-0.15, -0.1) is 0 Å². The van der Waals surface area contributed by atoms with E-state index in [2.05, 4.69) is 26.2 Å². The van der Waals surface area contributed by atoms with Crippen LogP contribution in [0.15, 0.2) is 41.1 Å². The average molecular weight is 295 g/mol. The summed E-state index contributed by atoms with van der Waals surface area (Å²) >= 11 is 3.22. The molecule has 5 heteroatoms. The van der Waals surface area contributed by atoms with Crippen LogP contribution in [0.2, 0.25) is 0 Å². The molecule has 0 saturated carbocycles. The number of aromatic amines is 1. The molecule has 3 N–H and O–H groups in total. The van der Waals surface area contributed by atoms with Crippen LogP contribution >= 0.6 is 15.9 Å². The zero-order valence-electron chi connectivity index (χ0n) is 8.90. The van der Waals surface area contributed by atoms with Gasteiger partial charge in [-0.2, -0.15) is 0 Å². The van der Waals surface area contributed by atoms with Crippen molar-refractivity contribution in [2.45, 2.75) is 6.54 Å². The molecule has 4 nitrogen and oxygen atoms in total. The Kier molecular flexibility index (Phi) is 3.49. The van der Waals surface area contributed by atoms with Gasteiger partial charge in [-0.05, 0) is 29.8 Å². The first-order chi connectivity index (χ1) is 8.16. The Labute approximate surface area is 107 Å². The van der Waals surface area contributed by atoms with E-state index >= 15 is 0 Å². The van der Waals surface area contributed by atoms with Crippen LogP contribution in [0.4, 0.5) is 0 Å². The summed E-state index contributed by atoms with van der Waals surface area (Å²) in [4.78, 5) is 14.7. The minimum Gasteiger partial charge on any atom is -0.507 e. The van der Waals surface area contributed by atoms with Crippen molar-refractivity contribution in [3.8, 4) is 5.75 Å². The van der Waals surface area contributed by atoms with E-state index in [1.165, 1.54) is 6.07 Å². The van der Waals surface area contributed by atoms with E-state index in [0.717, 1.165) is 10.0 Å². The van der Waals surface area contributed by atoms with Gasteiger partial charge in [0.1, 0.15) is 5.75 Å². The van der Waals surface area contributed by atoms with Gasteiger partial charge in [0, 0.05) is 23.4 Å². The molecular formula is C12H11BrN2O2. The highest BCUT2D eigenvalue weighted by Gasteiger charge is 2.10. The predicted octanol–water partition coefficient (Wildman–Crippen LogP) is 2.41. The molecule has 0 atom stereocenters. The number of carbonyl (C=O) groups excluding carboxylic acids is 1. The molecule has 17 heavy (non-hydrogen) atoms. The second kappa shape index (κ2) is 5.05. The molecular weight excluding hydrogens is 284 g/mol. The van der Waals surface area contributed by atoms with Gasteiger partial charge >= 0.3 is 0 Å². The fourth-order valence-corrected chi connectivity index (χ4v) is 1.79. The quantitative estimate of drug-likeness (QED) is 0.814. The number of hydrogen-bond donors (Lipinski definition) is 3. The summed E-state index contributed by atoms with van der Waals surface area (Å²) in [5.74, 6) is -0.331. The Balaban J connectivity index is 2.04. The second-order valence-electron chi connectivity index (χ2n) is 3.56. The average Bonchev–Trinajstić information content (AvgIpc) is 2.78. The molecule has 0 bridgehead atoms. The van der Waals surface area contributed by atoms with Crippen LogP contribution in [-0.4, -0.2) is 16.0 Å². The van der Waals surface area contributed by atoms with E-state index in [0.29, 0.717) is 6.54 Å². The van der Waals surface area contributed by atoms with Crippen LogP contribution in [0.1, 0.15) is 15.9 Å². The van der Waals surface area contributed by atoms with Crippen molar-refractivity contribution in [1.82, 2.24) is 10.3 Å². The standard InChI is InChI=1S/C12H11BrN2O2/c13-9-1-2-10(11(16)5-9)12(17)15-7-8-3-4-14-6-8/h1-6,14,16H,7H2,(H,15,17). The predicted molar refractivity (Wildman–Crippen MR) is 67.8 cm³/mol. The third-order valence-electron chi connectivity index (χ3n) is 2.32.